The van der Waals surface area contributed by atoms with Crippen molar-refractivity contribution < 1.29 is 39.5 Å². The van der Waals surface area contributed by atoms with E-state index >= 15 is 0 Å². The van der Waals surface area contributed by atoms with Gasteiger partial charge >= 0.3 is 18.5 Å². The lowest BCUT2D eigenvalue weighted by atomic mass is 9.94. The first kappa shape index (κ1) is 26.6. The lowest BCUT2D eigenvalue weighted by Crippen LogP contribution is -2.11. The zero-order valence-corrected chi connectivity index (χ0v) is 17.1. The molecule has 1 unspecified atom stereocenters. The summed E-state index contributed by atoms with van der Waals surface area (Å²) < 4.78 is 116. The monoisotopic (exact) mass is 504 g/mol. The molecule has 0 aliphatic carbocycles. The predicted molar refractivity (Wildman–Crippen MR) is 102 cm³/mol. The molecule has 0 N–H and O–H groups in total. The molecule has 2 rings (SSSR count). The van der Waals surface area contributed by atoms with Crippen LogP contribution < -0.4 is 0 Å². The van der Waals surface area contributed by atoms with Crippen molar-refractivity contribution >= 4 is 17.7 Å². The van der Waals surface area contributed by atoms with E-state index in [4.69, 9.17) is 11.6 Å². The Kier molecular flexibility index (Phi) is 8.15. The highest BCUT2D eigenvalue weighted by Crippen LogP contribution is 2.37. The Morgan fingerprint density at radius 3 is 1.97 bits per heavy atom. The summed E-state index contributed by atoms with van der Waals surface area (Å²) in [5, 5.41) is 2.53. The van der Waals surface area contributed by atoms with Gasteiger partial charge < -0.3 is 0 Å². The fraction of sp³-hybridized carbons (Fsp3) is 0.350. The van der Waals surface area contributed by atoms with E-state index in [0.29, 0.717) is 18.2 Å². The Morgan fingerprint density at radius 2 is 1.48 bits per heavy atom. The number of allylic oxidation sites excluding steroid dienone is 1. The van der Waals surface area contributed by atoms with E-state index in [9.17, 15) is 44.4 Å². The van der Waals surface area contributed by atoms with Crippen LogP contribution in [0.25, 0.3) is 6.08 Å². The first-order valence-electron chi connectivity index (χ1n) is 9.10. The zero-order valence-electron chi connectivity index (χ0n) is 16.3. The molecule has 0 amide bonds. The molecule has 0 bridgehead atoms. The van der Waals surface area contributed by atoms with Crippen LogP contribution in [-0.2, 0) is 18.5 Å². The maximum atomic E-state index is 12.9. The molecular formula is C20H14ClF9N2O. The van der Waals surface area contributed by atoms with E-state index in [1.165, 1.54) is 6.08 Å². The zero-order chi connectivity index (χ0) is 25.0. The average molecular weight is 505 g/mol. The lowest BCUT2D eigenvalue weighted by molar-refractivity contribution is -0.143. The summed E-state index contributed by atoms with van der Waals surface area (Å²) in [4.78, 5) is 13.9. The minimum absolute atomic E-state index is 0.00220. The number of hydrogen-bond donors (Lipinski definition) is 0. The van der Waals surface area contributed by atoms with E-state index in [0.717, 1.165) is 12.3 Å². The molecule has 13 heteroatoms. The Bertz CT molecular complexity index is 982. The van der Waals surface area contributed by atoms with Crippen molar-refractivity contribution in [3.8, 4) is 0 Å². The average Bonchev–Trinajstić information content (AvgIpc) is 2.68. The van der Waals surface area contributed by atoms with Gasteiger partial charge in [0, 0.05) is 12.1 Å². The number of halogens is 10. The summed E-state index contributed by atoms with van der Waals surface area (Å²) in [5.74, 6) is -0.879. The maximum Gasteiger partial charge on any atom is 0.433 e. The Morgan fingerprint density at radius 1 is 0.909 bits per heavy atom. The number of nitrogens with zero attached hydrogens (tertiary/aromatic N) is 2. The third-order valence-electron chi connectivity index (χ3n) is 4.51. The minimum atomic E-state index is -5.00. The minimum Gasteiger partial charge on any atom is -0.250 e. The second-order valence-electron chi connectivity index (χ2n) is 6.92. The van der Waals surface area contributed by atoms with Gasteiger partial charge in [-0.25, -0.2) is 0 Å². The molecule has 1 aromatic carbocycles. The van der Waals surface area contributed by atoms with Crippen LogP contribution >= 0.6 is 11.6 Å². The number of rotatable bonds is 7. The molecule has 2 aromatic rings. The number of alkyl halides is 9. The first-order valence-corrected chi connectivity index (χ1v) is 9.48. The van der Waals surface area contributed by atoms with E-state index in [1.54, 1.807) is 0 Å². The summed E-state index contributed by atoms with van der Waals surface area (Å²) >= 11 is 5.90. The summed E-state index contributed by atoms with van der Waals surface area (Å²) in [6.45, 7) is -0.448. The number of benzene rings is 1. The van der Waals surface area contributed by atoms with Gasteiger partial charge in [0.25, 0.3) is 0 Å². The molecule has 180 valence electrons. The molecule has 0 fully saturated rings. The second-order valence-corrected chi connectivity index (χ2v) is 7.32. The molecule has 0 aliphatic rings. The molecule has 33 heavy (non-hydrogen) atoms. The number of pyridine rings is 1. The van der Waals surface area contributed by atoms with Crippen molar-refractivity contribution in [3.63, 3.8) is 0 Å². The fourth-order valence-corrected chi connectivity index (χ4v) is 3.21. The van der Waals surface area contributed by atoms with Gasteiger partial charge in [0.05, 0.1) is 22.7 Å². The Labute approximate surface area is 186 Å². The van der Waals surface area contributed by atoms with Crippen LogP contribution in [0.1, 0.15) is 46.7 Å². The van der Waals surface area contributed by atoms with E-state index in [1.807, 2.05) is 0 Å². The van der Waals surface area contributed by atoms with E-state index in [2.05, 4.69) is 10.2 Å². The van der Waals surface area contributed by atoms with E-state index < -0.39 is 47.8 Å². The molecule has 0 saturated carbocycles. The summed E-state index contributed by atoms with van der Waals surface area (Å²) in [6, 6.07) is 1.73. The number of nitroso groups, excluding NO2 is 1. The van der Waals surface area contributed by atoms with Gasteiger partial charge in [-0.3, -0.25) is 4.98 Å². The molecule has 0 saturated heterocycles. The third kappa shape index (κ3) is 7.44. The normalized spacial score (nSPS) is 14.0. The van der Waals surface area contributed by atoms with Gasteiger partial charge in [0.2, 0.25) is 0 Å². The molecule has 1 atom stereocenters. The van der Waals surface area contributed by atoms with Crippen LogP contribution in [0, 0.1) is 4.91 Å². The molecule has 0 radical (unpaired) electrons. The van der Waals surface area contributed by atoms with Gasteiger partial charge in [-0.15, -0.1) is 0 Å². The fourth-order valence-electron chi connectivity index (χ4n) is 2.95. The maximum absolute atomic E-state index is 12.9. The molecule has 0 aliphatic heterocycles. The summed E-state index contributed by atoms with van der Waals surface area (Å²) in [6.07, 6.45) is -11.7. The van der Waals surface area contributed by atoms with Crippen LogP contribution in [0.5, 0.6) is 0 Å². The SMILES string of the molecule is O=NCC(CC/C=C\c1cc(C(F)(F)F)cc(C(F)(F)F)c1)c1cc(C(F)(F)F)ncc1Cl. The number of aromatic nitrogens is 1. The Balaban J connectivity index is 2.25. The standard InChI is InChI=1S/C20H14ClF9N2O/c21-16-10-31-17(20(28,29)30)8-15(16)12(9-32-33)4-2-1-3-11-5-13(18(22,23)24)7-14(6-11)19(25,26)27/h1,3,5-8,10,12H,2,4,9H2/b3-1-. The smallest absolute Gasteiger partial charge is 0.250 e. The van der Waals surface area contributed by atoms with Crippen LogP contribution in [0.15, 0.2) is 41.7 Å². The van der Waals surface area contributed by atoms with Crippen molar-refractivity contribution in [2.75, 3.05) is 6.54 Å². The third-order valence-corrected chi connectivity index (χ3v) is 4.83. The lowest BCUT2D eigenvalue weighted by Gasteiger charge is -2.16. The predicted octanol–water partition coefficient (Wildman–Crippen LogP) is 8.14. The number of hydrogen-bond acceptors (Lipinski definition) is 3. The molecule has 1 aromatic heterocycles. The van der Waals surface area contributed by atoms with Crippen molar-refractivity contribution in [1.82, 2.24) is 4.98 Å². The highest BCUT2D eigenvalue weighted by molar-refractivity contribution is 6.31. The second kappa shape index (κ2) is 10.1. The largest absolute Gasteiger partial charge is 0.433 e. The van der Waals surface area contributed by atoms with Gasteiger partial charge in [-0.05, 0) is 48.2 Å². The van der Waals surface area contributed by atoms with Crippen molar-refractivity contribution in [1.29, 1.82) is 0 Å². The molecule has 1 heterocycles. The van der Waals surface area contributed by atoms with Crippen LogP contribution in [0.2, 0.25) is 5.02 Å². The van der Waals surface area contributed by atoms with Crippen LogP contribution in [0.4, 0.5) is 39.5 Å². The quantitative estimate of drug-likeness (QED) is 0.282. The van der Waals surface area contributed by atoms with Crippen LogP contribution in [-0.4, -0.2) is 11.5 Å². The van der Waals surface area contributed by atoms with E-state index in [-0.39, 0.29) is 35.1 Å². The molecular weight excluding hydrogens is 491 g/mol. The van der Waals surface area contributed by atoms with Crippen molar-refractivity contribution in [3.05, 3.63) is 74.4 Å². The highest BCUT2D eigenvalue weighted by Gasteiger charge is 2.37. The molecule has 3 nitrogen and oxygen atoms in total. The van der Waals surface area contributed by atoms with Crippen molar-refractivity contribution in [2.24, 2.45) is 5.18 Å². The van der Waals surface area contributed by atoms with Crippen LogP contribution in [0.3, 0.4) is 0 Å². The topological polar surface area (TPSA) is 42.3 Å². The highest BCUT2D eigenvalue weighted by atomic mass is 35.5. The first-order chi connectivity index (χ1) is 15.1. The van der Waals surface area contributed by atoms with Gasteiger partial charge in [-0.1, -0.05) is 28.9 Å². The van der Waals surface area contributed by atoms with Gasteiger partial charge in [0.1, 0.15) is 5.69 Å². The summed E-state index contributed by atoms with van der Waals surface area (Å²) in [7, 11) is 0. The van der Waals surface area contributed by atoms with Gasteiger partial charge in [0.15, 0.2) is 0 Å². The Hall–Kier alpha value is -2.63. The van der Waals surface area contributed by atoms with Crippen molar-refractivity contribution in [2.45, 2.75) is 37.3 Å². The molecule has 0 spiro atoms. The summed E-state index contributed by atoms with van der Waals surface area (Å²) in [5.41, 5.74) is -4.63. The van der Waals surface area contributed by atoms with Gasteiger partial charge in [-0.2, -0.15) is 44.4 Å².